The molecule has 2 atom stereocenters. The number of benzene rings is 9. The number of allylic oxidation sites excluding steroid dienone is 4. The molecule has 0 radical (unpaired) electrons. The van der Waals surface area contributed by atoms with Gasteiger partial charge in [0, 0.05) is 27.6 Å². The maximum Gasteiger partial charge on any atom is 0.0790 e. The van der Waals surface area contributed by atoms with E-state index in [-0.39, 0.29) is 5.92 Å². The van der Waals surface area contributed by atoms with Crippen LogP contribution < -0.4 is 16.2 Å². The molecule has 0 saturated carbocycles. The zero-order valence-electron chi connectivity index (χ0n) is 39.1. The lowest BCUT2D eigenvalue weighted by Crippen LogP contribution is -2.47. The molecule has 2 heteroatoms. The summed E-state index contributed by atoms with van der Waals surface area (Å²) in [4.78, 5) is 5.73. The smallest absolute Gasteiger partial charge is 0.0790 e. The Labute approximate surface area is 394 Å². The molecule has 0 aliphatic heterocycles. The van der Waals surface area contributed by atoms with Crippen molar-refractivity contribution in [2.24, 2.45) is 11.7 Å². The van der Waals surface area contributed by atoms with Crippen LogP contribution in [0.1, 0.15) is 40.3 Å². The fraction of sp³-hybridized carbons (Fsp3) is 0.123. The van der Waals surface area contributed by atoms with E-state index in [4.69, 9.17) is 10.7 Å². The monoisotopic (exact) mass is 864 g/mol. The second-order valence-electron chi connectivity index (χ2n) is 18.7. The van der Waals surface area contributed by atoms with E-state index < -0.39 is 11.0 Å². The number of nitrogens with two attached hydrogens (primary N) is 1. The van der Waals surface area contributed by atoms with E-state index in [2.05, 4.69) is 229 Å². The second kappa shape index (κ2) is 17.3. The average molecular weight is 865 g/mol. The highest BCUT2D eigenvalue weighted by atomic mass is 14.8. The Balaban J connectivity index is 1.22. The van der Waals surface area contributed by atoms with Gasteiger partial charge in [0.25, 0.3) is 0 Å². The molecular weight excluding hydrogens is 809 g/mol. The predicted molar refractivity (Wildman–Crippen MR) is 292 cm³/mol. The van der Waals surface area contributed by atoms with Gasteiger partial charge in [-0.1, -0.05) is 202 Å². The first kappa shape index (κ1) is 43.3. The Morgan fingerprint density at radius 3 is 1.54 bits per heavy atom. The third kappa shape index (κ3) is 7.48. The number of aromatic nitrogens is 1. The van der Waals surface area contributed by atoms with Gasteiger partial charge in [-0.25, -0.2) is 0 Å². The van der Waals surface area contributed by atoms with E-state index in [9.17, 15) is 0 Å². The van der Waals surface area contributed by atoms with E-state index in [0.29, 0.717) is 0 Å². The lowest BCUT2D eigenvalue weighted by molar-refractivity contribution is 0.489. The Bertz CT molecular complexity index is 3820. The minimum absolute atomic E-state index is 0.197. The van der Waals surface area contributed by atoms with Crippen molar-refractivity contribution < 1.29 is 0 Å². The molecule has 0 amide bonds. The van der Waals surface area contributed by atoms with Crippen molar-refractivity contribution in [3.63, 3.8) is 0 Å². The van der Waals surface area contributed by atoms with Crippen molar-refractivity contribution in [2.75, 3.05) is 0 Å². The van der Waals surface area contributed by atoms with Crippen molar-refractivity contribution in [3.8, 4) is 22.3 Å². The van der Waals surface area contributed by atoms with Gasteiger partial charge in [-0.05, 0) is 137 Å². The first-order valence-corrected chi connectivity index (χ1v) is 23.4. The van der Waals surface area contributed by atoms with E-state index in [0.717, 1.165) is 49.1 Å². The van der Waals surface area contributed by atoms with Crippen molar-refractivity contribution in [1.82, 2.24) is 4.98 Å². The van der Waals surface area contributed by atoms with Gasteiger partial charge in [0.2, 0.25) is 0 Å². The molecule has 2 unspecified atom stereocenters. The zero-order valence-corrected chi connectivity index (χ0v) is 39.1. The highest BCUT2D eigenvalue weighted by Gasteiger charge is 2.33. The van der Waals surface area contributed by atoms with Crippen LogP contribution >= 0.6 is 0 Å². The fourth-order valence-electron chi connectivity index (χ4n) is 10.6. The molecule has 0 spiro atoms. The Morgan fingerprint density at radius 1 is 0.537 bits per heavy atom. The third-order valence-electron chi connectivity index (χ3n) is 14.1. The lowest BCUT2D eigenvalue weighted by Gasteiger charge is -2.35. The van der Waals surface area contributed by atoms with Gasteiger partial charge >= 0.3 is 0 Å². The molecule has 326 valence electrons. The summed E-state index contributed by atoms with van der Waals surface area (Å²) in [6.45, 7) is 19.5. The van der Waals surface area contributed by atoms with Gasteiger partial charge in [-0.2, -0.15) is 0 Å². The Kier molecular flexibility index (Phi) is 11.2. The number of rotatable bonds is 10. The molecule has 1 heterocycles. The third-order valence-corrected chi connectivity index (χ3v) is 14.1. The van der Waals surface area contributed by atoms with Crippen molar-refractivity contribution in [2.45, 2.75) is 45.6 Å². The molecule has 1 aromatic heterocycles. The topological polar surface area (TPSA) is 38.9 Å². The standard InChI is InChI=1S/C65H56N2/c1-8-23-54(46-27-14-11-24-42(46)4)61(10-3)65(7,66)45(9-2)36-37-64(5,6)62-41-59(57-39-44-26-13-16-29-48(44)50-31-18-20-33-52(50)57)60-40-58(53-34-21-22-35-55(53)63(60)67-62)56-38-43-25-12-15-28-47(43)49-30-17-19-32-51(49)56/h8-41,61H,3-4,66H2,1-2,5-7H3/b23-8-,37-36-,45-9+,54-46-. The van der Waals surface area contributed by atoms with Crippen molar-refractivity contribution in [3.05, 3.63) is 235 Å². The Hall–Kier alpha value is -7.65. The molecule has 0 saturated heterocycles. The number of hydrogen-bond donors (Lipinski definition) is 1. The molecule has 67 heavy (non-hydrogen) atoms. The van der Waals surface area contributed by atoms with Crippen LogP contribution in [0.15, 0.2) is 218 Å². The first-order valence-electron chi connectivity index (χ1n) is 23.4. The summed E-state index contributed by atoms with van der Waals surface area (Å²) in [5.74, 6) is -0.197. The zero-order chi connectivity index (χ0) is 46.5. The van der Waals surface area contributed by atoms with E-state index in [1.807, 2.05) is 25.1 Å². The van der Waals surface area contributed by atoms with Crippen LogP contribution in [-0.4, -0.2) is 10.5 Å². The minimum Gasteiger partial charge on any atom is -0.321 e. The Morgan fingerprint density at radius 2 is 1.00 bits per heavy atom. The highest BCUT2D eigenvalue weighted by Crippen LogP contribution is 2.46. The van der Waals surface area contributed by atoms with E-state index >= 15 is 0 Å². The fourth-order valence-corrected chi connectivity index (χ4v) is 10.6. The van der Waals surface area contributed by atoms with Crippen LogP contribution in [0.5, 0.6) is 0 Å². The molecule has 10 aromatic rings. The van der Waals surface area contributed by atoms with Crippen LogP contribution in [0.2, 0.25) is 0 Å². The molecule has 2 N–H and O–H groups in total. The van der Waals surface area contributed by atoms with Gasteiger partial charge in [-0.3, -0.25) is 4.98 Å². The normalized spacial score (nSPS) is 14.5. The van der Waals surface area contributed by atoms with E-state index in [1.165, 1.54) is 65.2 Å². The van der Waals surface area contributed by atoms with E-state index in [1.54, 1.807) is 0 Å². The van der Waals surface area contributed by atoms with Gasteiger partial charge in [-0.15, -0.1) is 6.58 Å². The minimum atomic E-state index is -0.800. The van der Waals surface area contributed by atoms with Crippen LogP contribution in [0.3, 0.4) is 0 Å². The van der Waals surface area contributed by atoms with Crippen LogP contribution in [-0.2, 0) is 5.41 Å². The summed E-state index contributed by atoms with van der Waals surface area (Å²) in [5.41, 5.74) is 15.0. The SMILES string of the molecule is C=CC(C(/C=C\C)=c1/ccccc1=C)C(C)(N)C(/C=C\C(C)(C)c1cc(-c2cc3ccccc3c3ccccc23)c2cc(-c3cc4ccccc4c4ccccc34)c3ccccc3c2n1)=C/C. The molecule has 0 aliphatic carbocycles. The largest absolute Gasteiger partial charge is 0.321 e. The summed E-state index contributed by atoms with van der Waals surface area (Å²) in [6, 6.07) is 61.8. The highest BCUT2D eigenvalue weighted by molar-refractivity contribution is 6.23. The predicted octanol–water partition coefficient (Wildman–Crippen LogP) is 15.5. The number of pyridine rings is 1. The first-order chi connectivity index (χ1) is 32.5. The van der Waals surface area contributed by atoms with Crippen LogP contribution in [0, 0.1) is 5.92 Å². The lowest BCUT2D eigenvalue weighted by atomic mass is 9.74. The van der Waals surface area contributed by atoms with Crippen LogP contribution in [0.25, 0.3) is 99.2 Å². The van der Waals surface area contributed by atoms with Crippen LogP contribution in [0.4, 0.5) is 0 Å². The van der Waals surface area contributed by atoms with Gasteiger partial charge in [0.05, 0.1) is 11.2 Å². The molecular formula is C65H56N2. The summed E-state index contributed by atoms with van der Waals surface area (Å²) in [7, 11) is 0. The molecule has 2 nitrogen and oxygen atoms in total. The maximum atomic E-state index is 7.49. The van der Waals surface area contributed by atoms with Gasteiger partial charge < -0.3 is 5.73 Å². The number of fused-ring (bicyclic) bond motifs is 9. The quantitative estimate of drug-likeness (QED) is 0.0845. The molecule has 10 rings (SSSR count). The average Bonchev–Trinajstić information content (AvgIpc) is 3.35. The molecule has 0 aliphatic rings. The molecule has 0 fully saturated rings. The van der Waals surface area contributed by atoms with Gasteiger partial charge in [0.15, 0.2) is 0 Å². The van der Waals surface area contributed by atoms with Crippen molar-refractivity contribution in [1.29, 1.82) is 0 Å². The number of hydrogen-bond acceptors (Lipinski definition) is 2. The molecule has 0 bridgehead atoms. The summed E-state index contributed by atoms with van der Waals surface area (Å²) >= 11 is 0. The summed E-state index contributed by atoms with van der Waals surface area (Å²) < 4.78 is 0. The maximum absolute atomic E-state index is 7.49. The summed E-state index contributed by atoms with van der Waals surface area (Å²) in [5, 5.41) is 15.3. The second-order valence-corrected chi connectivity index (χ2v) is 18.7. The van der Waals surface area contributed by atoms with Gasteiger partial charge in [0.1, 0.15) is 0 Å². The van der Waals surface area contributed by atoms with Crippen molar-refractivity contribution >= 4 is 76.9 Å². The number of nitrogens with zero attached hydrogens (tertiary/aromatic N) is 1. The summed E-state index contributed by atoms with van der Waals surface area (Å²) in [6.07, 6.45) is 12.8. The molecule has 9 aromatic carbocycles.